The molecule has 0 saturated carbocycles. The van der Waals surface area contributed by atoms with Gasteiger partial charge in [0.15, 0.2) is 9.84 Å². The fourth-order valence-electron chi connectivity index (χ4n) is 5.33. The van der Waals surface area contributed by atoms with Crippen LogP contribution in [0.15, 0.2) is 65.6 Å². The average molecular weight is 397 g/mol. The fraction of sp³-hybridized carbons (Fsp3) is 0.440. The van der Waals surface area contributed by atoms with Crippen molar-refractivity contribution in [2.75, 3.05) is 5.75 Å². The Morgan fingerprint density at radius 3 is 2.00 bits per heavy atom. The molecule has 0 radical (unpaired) electrons. The zero-order chi connectivity index (χ0) is 21.0. The van der Waals surface area contributed by atoms with Crippen LogP contribution in [0.25, 0.3) is 0 Å². The van der Waals surface area contributed by atoms with E-state index in [9.17, 15) is 8.42 Å². The van der Waals surface area contributed by atoms with E-state index in [0.29, 0.717) is 4.90 Å². The highest BCUT2D eigenvalue weighted by Gasteiger charge is 2.55. The molecule has 2 nitrogen and oxygen atoms in total. The lowest BCUT2D eigenvalue weighted by Crippen LogP contribution is -2.54. The molecule has 0 saturated heterocycles. The Morgan fingerprint density at radius 2 is 1.50 bits per heavy atom. The van der Waals surface area contributed by atoms with Crippen molar-refractivity contribution in [3.63, 3.8) is 0 Å². The molecule has 0 amide bonds. The second-order valence-electron chi connectivity index (χ2n) is 9.34. The SMILES string of the molecule is C=C(C)C1(c2ccc(S(=O)(=O)CC)cc2)CC(C)(C)c2ccccc2C1(C)C. The Morgan fingerprint density at radius 1 is 0.964 bits per heavy atom. The molecule has 2 aromatic carbocycles. The standard InChI is InChI=1S/C25H32O2S/c1-8-28(26,27)20-15-13-19(14-16-20)25(18(2)3)17-23(4,5)21-11-9-10-12-22(21)24(25,6)7/h9-16H,2,8,17H2,1,3-7H3. The molecule has 3 rings (SSSR count). The van der Waals surface area contributed by atoms with Gasteiger partial charge >= 0.3 is 0 Å². The Kier molecular flexibility index (Phi) is 4.91. The highest BCUT2D eigenvalue weighted by Crippen LogP contribution is 2.59. The maximum absolute atomic E-state index is 12.3. The molecule has 0 bridgehead atoms. The second-order valence-corrected chi connectivity index (χ2v) is 11.6. The highest BCUT2D eigenvalue weighted by atomic mass is 32.2. The van der Waals surface area contributed by atoms with Crippen molar-refractivity contribution in [2.24, 2.45) is 0 Å². The van der Waals surface area contributed by atoms with Gasteiger partial charge < -0.3 is 0 Å². The van der Waals surface area contributed by atoms with Crippen LogP contribution in [0.4, 0.5) is 0 Å². The van der Waals surface area contributed by atoms with Gasteiger partial charge in [-0.1, -0.05) is 83.2 Å². The van der Waals surface area contributed by atoms with Crippen molar-refractivity contribution < 1.29 is 8.42 Å². The number of sulfone groups is 1. The molecule has 2 aromatic rings. The maximum Gasteiger partial charge on any atom is 0.178 e. The quantitative estimate of drug-likeness (QED) is 0.598. The van der Waals surface area contributed by atoms with E-state index < -0.39 is 9.84 Å². The predicted octanol–water partition coefficient (Wildman–Crippen LogP) is 5.95. The van der Waals surface area contributed by atoms with Gasteiger partial charge in [-0.2, -0.15) is 0 Å². The molecule has 3 heteroatoms. The summed E-state index contributed by atoms with van der Waals surface area (Å²) in [6.07, 6.45) is 0.930. The molecule has 1 atom stereocenters. The van der Waals surface area contributed by atoms with Gasteiger partial charge in [0, 0.05) is 10.8 Å². The summed E-state index contributed by atoms with van der Waals surface area (Å²) in [4.78, 5) is 0.392. The van der Waals surface area contributed by atoms with E-state index in [2.05, 4.69) is 65.5 Å². The molecule has 150 valence electrons. The maximum atomic E-state index is 12.3. The van der Waals surface area contributed by atoms with Crippen molar-refractivity contribution in [1.29, 1.82) is 0 Å². The Hall–Kier alpha value is -1.87. The summed E-state index contributed by atoms with van der Waals surface area (Å²) < 4.78 is 24.6. The molecule has 0 N–H and O–H groups in total. The normalized spacial score (nSPS) is 23.1. The van der Waals surface area contributed by atoms with Gasteiger partial charge in [-0.05, 0) is 47.6 Å². The Bertz CT molecular complexity index is 1010. The Balaban J connectivity index is 2.28. The van der Waals surface area contributed by atoms with Crippen LogP contribution in [0.5, 0.6) is 0 Å². The van der Waals surface area contributed by atoms with Crippen molar-refractivity contribution in [1.82, 2.24) is 0 Å². The van der Waals surface area contributed by atoms with Gasteiger partial charge in [-0.25, -0.2) is 8.42 Å². The van der Waals surface area contributed by atoms with Crippen LogP contribution in [0.2, 0.25) is 0 Å². The summed E-state index contributed by atoms with van der Waals surface area (Å²) >= 11 is 0. The van der Waals surface area contributed by atoms with Gasteiger partial charge in [-0.3, -0.25) is 0 Å². The van der Waals surface area contributed by atoms with E-state index in [-0.39, 0.29) is 22.0 Å². The fourth-order valence-corrected chi connectivity index (χ4v) is 6.22. The molecule has 0 spiro atoms. The molecular formula is C25H32O2S. The van der Waals surface area contributed by atoms with Crippen molar-refractivity contribution in [2.45, 2.75) is 69.1 Å². The summed E-state index contributed by atoms with van der Waals surface area (Å²) in [5.74, 6) is 0.115. The van der Waals surface area contributed by atoms with E-state index in [4.69, 9.17) is 0 Å². The molecule has 0 heterocycles. The number of rotatable bonds is 4. The molecule has 28 heavy (non-hydrogen) atoms. The zero-order valence-corrected chi connectivity index (χ0v) is 18.8. The first-order chi connectivity index (χ1) is 12.9. The summed E-state index contributed by atoms with van der Waals surface area (Å²) in [6.45, 7) is 17.4. The van der Waals surface area contributed by atoms with E-state index in [1.165, 1.54) is 11.1 Å². The van der Waals surface area contributed by atoms with Crippen LogP contribution in [0.3, 0.4) is 0 Å². The third-order valence-electron chi connectivity index (χ3n) is 6.92. The van der Waals surface area contributed by atoms with E-state index >= 15 is 0 Å². The monoisotopic (exact) mass is 396 g/mol. The van der Waals surface area contributed by atoms with Gasteiger partial charge in [-0.15, -0.1) is 0 Å². The first kappa shape index (κ1) is 20.9. The Labute approximate surface area is 170 Å². The number of allylic oxidation sites excluding steroid dienone is 1. The lowest BCUT2D eigenvalue weighted by atomic mass is 9.46. The largest absolute Gasteiger partial charge is 0.224 e. The molecule has 0 aromatic heterocycles. The van der Waals surface area contributed by atoms with Crippen molar-refractivity contribution in [3.05, 3.63) is 77.4 Å². The first-order valence-corrected chi connectivity index (χ1v) is 11.6. The summed E-state index contributed by atoms with van der Waals surface area (Å²) in [6, 6.07) is 16.3. The molecule has 1 unspecified atom stereocenters. The van der Waals surface area contributed by atoms with Gasteiger partial charge in [0.25, 0.3) is 0 Å². The number of hydrogen-bond donors (Lipinski definition) is 0. The van der Waals surface area contributed by atoms with Crippen LogP contribution in [0, 0.1) is 0 Å². The predicted molar refractivity (Wildman–Crippen MR) is 118 cm³/mol. The summed E-state index contributed by atoms with van der Waals surface area (Å²) in [5, 5.41) is 0. The minimum Gasteiger partial charge on any atom is -0.224 e. The van der Waals surface area contributed by atoms with Crippen LogP contribution in [0.1, 0.15) is 64.7 Å². The number of hydrogen-bond acceptors (Lipinski definition) is 2. The third-order valence-corrected chi connectivity index (χ3v) is 8.67. The van der Waals surface area contributed by atoms with Gasteiger partial charge in [0.1, 0.15) is 0 Å². The lowest BCUT2D eigenvalue weighted by Gasteiger charge is -2.57. The van der Waals surface area contributed by atoms with Gasteiger partial charge in [0.05, 0.1) is 10.6 Å². The second kappa shape index (κ2) is 6.59. The molecule has 1 aliphatic rings. The van der Waals surface area contributed by atoms with Gasteiger partial charge in [0.2, 0.25) is 0 Å². The molecule has 0 aliphatic heterocycles. The van der Waals surface area contributed by atoms with E-state index in [1.807, 2.05) is 12.1 Å². The van der Waals surface area contributed by atoms with E-state index in [0.717, 1.165) is 17.6 Å². The van der Waals surface area contributed by atoms with Crippen molar-refractivity contribution >= 4 is 9.84 Å². The number of benzene rings is 2. The van der Waals surface area contributed by atoms with Crippen LogP contribution in [-0.4, -0.2) is 14.2 Å². The number of fused-ring (bicyclic) bond motifs is 1. The summed E-state index contributed by atoms with van der Waals surface area (Å²) in [5.41, 5.74) is 4.53. The topological polar surface area (TPSA) is 34.1 Å². The lowest BCUT2D eigenvalue weighted by molar-refractivity contribution is 0.199. The molecule has 1 aliphatic carbocycles. The average Bonchev–Trinajstić information content (AvgIpc) is 2.65. The zero-order valence-electron chi connectivity index (χ0n) is 18.0. The molecule has 0 fully saturated rings. The molecular weight excluding hydrogens is 364 g/mol. The summed E-state index contributed by atoms with van der Waals surface area (Å²) in [7, 11) is -3.21. The minimum absolute atomic E-state index is 0.0147. The highest BCUT2D eigenvalue weighted by molar-refractivity contribution is 7.91. The van der Waals surface area contributed by atoms with E-state index in [1.54, 1.807) is 19.1 Å². The third kappa shape index (κ3) is 2.86. The van der Waals surface area contributed by atoms with Crippen LogP contribution in [-0.2, 0) is 26.1 Å². The smallest absolute Gasteiger partial charge is 0.178 e. The van der Waals surface area contributed by atoms with Crippen molar-refractivity contribution in [3.8, 4) is 0 Å². The van der Waals surface area contributed by atoms with Crippen LogP contribution >= 0.6 is 0 Å². The van der Waals surface area contributed by atoms with Crippen LogP contribution < -0.4 is 0 Å². The first-order valence-electron chi connectivity index (χ1n) is 9.99. The minimum atomic E-state index is -3.21.